The lowest BCUT2D eigenvalue weighted by Gasteiger charge is -2.13. The number of hydrogen-bond acceptors (Lipinski definition) is 4. The Labute approximate surface area is 110 Å². The van der Waals surface area contributed by atoms with Crippen LogP contribution in [0.15, 0.2) is 6.07 Å². The smallest absolute Gasteiger partial charge is 0.397 e. The Balaban J connectivity index is 2.66. The quantitative estimate of drug-likeness (QED) is 0.454. The van der Waals surface area contributed by atoms with Crippen LogP contribution in [0, 0.1) is 5.82 Å². The van der Waals surface area contributed by atoms with Gasteiger partial charge in [0.25, 0.3) is 0 Å². The maximum atomic E-state index is 13.6. The Morgan fingerprint density at radius 3 is 2.44 bits per heavy atom. The number of rotatable bonds is 4. The molecule has 0 aliphatic carbocycles. The summed E-state index contributed by atoms with van der Waals surface area (Å²) in [5.74, 6) is -1.14. The van der Waals surface area contributed by atoms with Crippen molar-refractivity contribution >= 4 is 40.4 Å². The zero-order valence-corrected chi connectivity index (χ0v) is 10.5. The van der Waals surface area contributed by atoms with Gasteiger partial charge < -0.3 is 16.8 Å². The molecule has 18 heavy (non-hydrogen) atoms. The van der Waals surface area contributed by atoms with Gasteiger partial charge in [0.1, 0.15) is 5.02 Å². The SMILES string of the molecule is Nc1cc(N)c(NCCSC(F)(F)F)c(F)c1Cl. The predicted molar refractivity (Wildman–Crippen MR) is 67.2 cm³/mol. The van der Waals surface area contributed by atoms with Gasteiger partial charge in [0.05, 0.1) is 17.1 Å². The van der Waals surface area contributed by atoms with Gasteiger partial charge in [-0.05, 0) is 17.8 Å². The highest BCUT2D eigenvalue weighted by Gasteiger charge is 2.27. The third-order valence-corrected chi connectivity index (χ3v) is 3.05. The molecule has 0 fully saturated rings. The van der Waals surface area contributed by atoms with Crippen LogP contribution < -0.4 is 16.8 Å². The van der Waals surface area contributed by atoms with Crippen LogP contribution in [0.5, 0.6) is 0 Å². The molecule has 0 radical (unpaired) electrons. The first kappa shape index (κ1) is 15.0. The van der Waals surface area contributed by atoms with E-state index in [1.165, 1.54) is 6.07 Å². The Bertz CT molecular complexity index is 439. The fourth-order valence-electron chi connectivity index (χ4n) is 1.19. The average molecular weight is 304 g/mol. The topological polar surface area (TPSA) is 64.1 Å². The van der Waals surface area contributed by atoms with Crippen molar-refractivity contribution in [2.45, 2.75) is 5.51 Å². The molecule has 0 bridgehead atoms. The maximum Gasteiger partial charge on any atom is 0.441 e. The minimum absolute atomic E-state index is 0.00795. The van der Waals surface area contributed by atoms with Gasteiger partial charge in [-0.15, -0.1) is 0 Å². The molecule has 9 heteroatoms. The van der Waals surface area contributed by atoms with Crippen LogP contribution in [0.1, 0.15) is 0 Å². The minimum Gasteiger partial charge on any atom is -0.397 e. The minimum atomic E-state index is -4.31. The van der Waals surface area contributed by atoms with E-state index in [0.717, 1.165) is 0 Å². The lowest BCUT2D eigenvalue weighted by atomic mass is 10.2. The van der Waals surface area contributed by atoms with E-state index < -0.39 is 11.3 Å². The molecular weight excluding hydrogens is 294 g/mol. The molecule has 0 amide bonds. The molecule has 5 N–H and O–H groups in total. The van der Waals surface area contributed by atoms with E-state index in [9.17, 15) is 17.6 Å². The number of nitrogens with one attached hydrogen (secondary N) is 1. The molecule has 0 heterocycles. The van der Waals surface area contributed by atoms with E-state index in [-0.39, 0.29) is 46.1 Å². The van der Waals surface area contributed by atoms with Gasteiger partial charge in [-0.3, -0.25) is 0 Å². The number of thioether (sulfide) groups is 1. The molecule has 0 spiro atoms. The summed E-state index contributed by atoms with van der Waals surface area (Å²) in [7, 11) is 0. The maximum absolute atomic E-state index is 13.6. The fourth-order valence-corrected chi connectivity index (χ4v) is 1.77. The van der Waals surface area contributed by atoms with Crippen LogP contribution in [0.3, 0.4) is 0 Å². The van der Waals surface area contributed by atoms with E-state index in [1.807, 2.05) is 0 Å². The van der Waals surface area contributed by atoms with Crippen molar-refractivity contribution in [1.82, 2.24) is 0 Å². The van der Waals surface area contributed by atoms with E-state index in [2.05, 4.69) is 5.32 Å². The Kier molecular flexibility index (Phi) is 4.80. The third kappa shape index (κ3) is 4.02. The molecule has 3 nitrogen and oxygen atoms in total. The van der Waals surface area contributed by atoms with Crippen LogP contribution in [0.4, 0.5) is 34.6 Å². The fraction of sp³-hybridized carbons (Fsp3) is 0.333. The summed E-state index contributed by atoms with van der Waals surface area (Å²) in [6.07, 6.45) is 0. The number of anilines is 3. The summed E-state index contributed by atoms with van der Waals surface area (Å²) in [5.41, 5.74) is 6.37. The van der Waals surface area contributed by atoms with Crippen molar-refractivity contribution in [1.29, 1.82) is 0 Å². The van der Waals surface area contributed by atoms with Gasteiger partial charge in [0, 0.05) is 12.3 Å². The first-order chi connectivity index (χ1) is 8.22. The molecule has 0 atom stereocenters. The molecule has 0 aliphatic rings. The van der Waals surface area contributed by atoms with E-state index >= 15 is 0 Å². The summed E-state index contributed by atoms with van der Waals surface area (Å²) in [6, 6.07) is 1.24. The van der Waals surface area contributed by atoms with Gasteiger partial charge >= 0.3 is 5.51 Å². The molecule has 0 aromatic heterocycles. The largest absolute Gasteiger partial charge is 0.441 e. The lowest BCUT2D eigenvalue weighted by Crippen LogP contribution is -2.12. The summed E-state index contributed by atoms with van der Waals surface area (Å²) in [6.45, 7) is -0.106. The normalized spacial score (nSPS) is 11.6. The van der Waals surface area contributed by atoms with Crippen molar-refractivity contribution in [3.05, 3.63) is 16.9 Å². The van der Waals surface area contributed by atoms with Crippen molar-refractivity contribution in [3.8, 4) is 0 Å². The van der Waals surface area contributed by atoms with Crippen LogP contribution in [0.25, 0.3) is 0 Å². The van der Waals surface area contributed by atoms with Gasteiger partial charge in [0.15, 0.2) is 5.82 Å². The molecule has 1 aromatic carbocycles. The summed E-state index contributed by atoms with van der Waals surface area (Å²) >= 11 is 5.35. The number of hydrogen-bond donors (Lipinski definition) is 3. The van der Waals surface area contributed by atoms with Crippen molar-refractivity contribution in [3.63, 3.8) is 0 Å². The second-order valence-corrected chi connectivity index (χ2v) is 4.82. The van der Waals surface area contributed by atoms with E-state index in [4.69, 9.17) is 23.1 Å². The van der Waals surface area contributed by atoms with Crippen molar-refractivity contribution in [2.75, 3.05) is 29.1 Å². The second-order valence-electron chi connectivity index (χ2n) is 3.28. The lowest BCUT2D eigenvalue weighted by molar-refractivity contribution is -0.0327. The first-order valence-corrected chi connectivity index (χ1v) is 6.06. The van der Waals surface area contributed by atoms with Crippen LogP contribution in [-0.2, 0) is 0 Å². The second kappa shape index (κ2) is 5.75. The van der Waals surface area contributed by atoms with Gasteiger partial charge in [-0.1, -0.05) is 11.6 Å². The molecule has 0 unspecified atom stereocenters. The predicted octanol–water partition coefficient (Wildman–Crippen LogP) is 3.31. The summed E-state index contributed by atoms with van der Waals surface area (Å²) < 4.78 is 49.2. The molecule has 0 saturated carbocycles. The number of alkyl halides is 3. The zero-order chi connectivity index (χ0) is 13.9. The number of benzene rings is 1. The van der Waals surface area contributed by atoms with E-state index in [1.54, 1.807) is 0 Å². The average Bonchev–Trinajstić information content (AvgIpc) is 2.23. The number of nitrogens with two attached hydrogens (primary N) is 2. The number of nitrogen functional groups attached to an aromatic ring is 2. The first-order valence-electron chi connectivity index (χ1n) is 4.70. The standard InChI is InChI=1S/C9H10ClF4N3S/c10-6-4(15)3-5(16)8(7(6)11)17-1-2-18-9(12,13)14/h3,17H,1-2,15-16H2. The molecular formula is C9H10ClF4N3S. The third-order valence-electron chi connectivity index (χ3n) is 1.93. The van der Waals surface area contributed by atoms with Gasteiger partial charge in [-0.2, -0.15) is 13.2 Å². The van der Waals surface area contributed by atoms with Crippen LogP contribution in [0.2, 0.25) is 5.02 Å². The zero-order valence-electron chi connectivity index (χ0n) is 8.94. The van der Waals surface area contributed by atoms with Crippen molar-refractivity contribution < 1.29 is 17.6 Å². The van der Waals surface area contributed by atoms with Crippen LogP contribution in [-0.4, -0.2) is 17.8 Å². The monoisotopic (exact) mass is 303 g/mol. The van der Waals surface area contributed by atoms with E-state index in [0.29, 0.717) is 0 Å². The number of halogens is 5. The van der Waals surface area contributed by atoms with Gasteiger partial charge in [0.2, 0.25) is 0 Å². The van der Waals surface area contributed by atoms with Gasteiger partial charge in [-0.25, -0.2) is 4.39 Å². The highest BCUT2D eigenvalue weighted by Crippen LogP contribution is 2.34. The molecule has 1 rings (SSSR count). The summed E-state index contributed by atoms with van der Waals surface area (Å²) in [5, 5.41) is 2.15. The Morgan fingerprint density at radius 2 is 1.89 bits per heavy atom. The summed E-state index contributed by atoms with van der Waals surface area (Å²) in [4.78, 5) is 0. The Morgan fingerprint density at radius 1 is 1.28 bits per heavy atom. The highest BCUT2D eigenvalue weighted by atomic mass is 35.5. The van der Waals surface area contributed by atoms with Crippen LogP contribution >= 0.6 is 23.4 Å². The molecule has 102 valence electrons. The highest BCUT2D eigenvalue weighted by molar-refractivity contribution is 8.00. The van der Waals surface area contributed by atoms with Crippen molar-refractivity contribution in [2.24, 2.45) is 0 Å². The molecule has 1 aromatic rings. The molecule has 0 aliphatic heterocycles. The Hall–Kier alpha value is -1.02. The molecule has 0 saturated heterocycles.